The normalized spacial score (nSPS) is 20.7. The molecular formula is C32H35OP. The zero-order valence-electron chi connectivity index (χ0n) is 20.5. The highest BCUT2D eigenvalue weighted by molar-refractivity contribution is 7.80. The fraction of sp³-hybridized carbons (Fsp3) is 0.312. The van der Waals surface area contributed by atoms with Crippen molar-refractivity contribution in [2.45, 2.75) is 46.1 Å². The highest BCUT2D eigenvalue weighted by Gasteiger charge is 2.34. The maximum Gasteiger partial charge on any atom is 0.135 e. The first-order valence-corrected chi connectivity index (χ1v) is 14.0. The van der Waals surface area contributed by atoms with E-state index in [0.717, 1.165) is 12.2 Å². The molecule has 2 heteroatoms. The summed E-state index contributed by atoms with van der Waals surface area (Å²) in [5.41, 5.74) is 0. The van der Waals surface area contributed by atoms with E-state index in [1.54, 1.807) is 0 Å². The van der Waals surface area contributed by atoms with Gasteiger partial charge in [-0.3, -0.25) is 0 Å². The lowest BCUT2D eigenvalue weighted by Crippen LogP contribution is -2.37. The van der Waals surface area contributed by atoms with E-state index in [0.29, 0.717) is 17.8 Å². The molecule has 0 radical (unpaired) electrons. The van der Waals surface area contributed by atoms with E-state index < -0.39 is 7.92 Å². The largest absolute Gasteiger partial charge is 0.489 e. The Bertz CT molecular complexity index is 1180. The van der Waals surface area contributed by atoms with Crippen molar-refractivity contribution >= 4 is 34.6 Å². The second kappa shape index (κ2) is 10.3. The molecule has 0 heterocycles. The third-order valence-corrected chi connectivity index (χ3v) is 9.82. The minimum absolute atomic E-state index is 0.261. The average Bonchev–Trinajstić information content (AvgIpc) is 2.86. The monoisotopic (exact) mass is 466 g/mol. The molecule has 174 valence electrons. The molecule has 1 nitrogen and oxygen atoms in total. The summed E-state index contributed by atoms with van der Waals surface area (Å²) in [5.74, 6) is 3.04. The summed E-state index contributed by atoms with van der Waals surface area (Å²) in [5, 5.41) is 6.54. The first-order valence-electron chi connectivity index (χ1n) is 12.7. The van der Waals surface area contributed by atoms with Crippen LogP contribution in [0.3, 0.4) is 0 Å². The van der Waals surface area contributed by atoms with Gasteiger partial charge in [0.1, 0.15) is 11.9 Å². The van der Waals surface area contributed by atoms with Gasteiger partial charge in [0.05, 0.1) is 0 Å². The molecule has 0 saturated heterocycles. The predicted octanol–water partition coefficient (Wildman–Crippen LogP) is 7.44. The summed E-state index contributed by atoms with van der Waals surface area (Å²) >= 11 is 0. The minimum atomic E-state index is -0.733. The van der Waals surface area contributed by atoms with E-state index in [9.17, 15) is 0 Å². The second-order valence-corrected chi connectivity index (χ2v) is 12.3. The number of ether oxygens (including phenoxy) is 1. The molecule has 5 rings (SSSR count). The van der Waals surface area contributed by atoms with Gasteiger partial charge in [0, 0.05) is 10.7 Å². The van der Waals surface area contributed by atoms with Gasteiger partial charge >= 0.3 is 0 Å². The Hall–Kier alpha value is -2.63. The Kier molecular flexibility index (Phi) is 7.02. The van der Waals surface area contributed by atoms with Crippen LogP contribution in [0.2, 0.25) is 0 Å². The average molecular weight is 467 g/mol. The lowest BCUT2D eigenvalue weighted by atomic mass is 9.75. The van der Waals surface area contributed by atoms with E-state index in [2.05, 4.69) is 118 Å². The summed E-state index contributed by atoms with van der Waals surface area (Å²) in [6.07, 6.45) is 3.97. The van der Waals surface area contributed by atoms with Gasteiger partial charge in [0.25, 0.3) is 0 Å². The van der Waals surface area contributed by atoms with E-state index in [4.69, 9.17) is 4.74 Å². The molecule has 0 unspecified atom stereocenters. The standard InChI is InChI=1S/C32H35OP/c1-23(2)28-20-18-24(3)22-30(28)33-32-29-17-11-10-12-25(29)19-21-31(32)34(26-13-6-4-7-14-26)27-15-8-5-9-16-27/h4-17,19,21,23-24,28,30H,18,20,22H2,1-3H3/t24-,28+,30-/m1/s1. The highest BCUT2D eigenvalue weighted by Crippen LogP contribution is 2.42. The van der Waals surface area contributed by atoms with Gasteiger partial charge in [-0.15, -0.1) is 0 Å². The molecule has 0 N–H and O–H groups in total. The molecule has 0 aromatic heterocycles. The van der Waals surface area contributed by atoms with Crippen LogP contribution in [0.5, 0.6) is 5.75 Å². The first-order chi connectivity index (χ1) is 16.6. The van der Waals surface area contributed by atoms with Crippen LogP contribution >= 0.6 is 7.92 Å². The van der Waals surface area contributed by atoms with Crippen LogP contribution in [0.4, 0.5) is 0 Å². The third kappa shape index (κ3) is 4.77. The maximum atomic E-state index is 7.18. The summed E-state index contributed by atoms with van der Waals surface area (Å²) in [7, 11) is -0.733. The first kappa shape index (κ1) is 23.1. The molecule has 0 bridgehead atoms. The third-order valence-electron chi connectivity index (χ3n) is 7.36. The molecule has 0 aliphatic heterocycles. The van der Waals surface area contributed by atoms with Gasteiger partial charge in [0.15, 0.2) is 0 Å². The Morgan fingerprint density at radius 3 is 2.00 bits per heavy atom. The molecule has 34 heavy (non-hydrogen) atoms. The van der Waals surface area contributed by atoms with Crippen LogP contribution in [-0.4, -0.2) is 6.10 Å². The zero-order chi connectivity index (χ0) is 23.5. The Morgan fingerprint density at radius 2 is 1.35 bits per heavy atom. The molecule has 1 aliphatic carbocycles. The molecule has 4 aromatic carbocycles. The number of rotatable bonds is 6. The van der Waals surface area contributed by atoms with Crippen LogP contribution < -0.4 is 20.7 Å². The van der Waals surface area contributed by atoms with E-state index in [1.807, 2.05) is 0 Å². The lowest BCUT2D eigenvalue weighted by Gasteiger charge is -2.38. The molecule has 1 aliphatic rings. The van der Waals surface area contributed by atoms with Crippen LogP contribution in [0.25, 0.3) is 10.8 Å². The highest BCUT2D eigenvalue weighted by atomic mass is 31.1. The number of fused-ring (bicyclic) bond motifs is 1. The smallest absolute Gasteiger partial charge is 0.135 e. The van der Waals surface area contributed by atoms with Crippen molar-refractivity contribution in [2.75, 3.05) is 0 Å². The summed E-state index contributed by atoms with van der Waals surface area (Å²) < 4.78 is 7.18. The van der Waals surface area contributed by atoms with Crippen molar-refractivity contribution in [3.63, 3.8) is 0 Å². The molecule has 1 fully saturated rings. The minimum Gasteiger partial charge on any atom is -0.489 e. The van der Waals surface area contributed by atoms with Crippen molar-refractivity contribution < 1.29 is 4.74 Å². The maximum absolute atomic E-state index is 7.18. The topological polar surface area (TPSA) is 9.23 Å². The van der Waals surface area contributed by atoms with Gasteiger partial charge in [0.2, 0.25) is 0 Å². The Labute approximate surface area is 205 Å². The fourth-order valence-corrected chi connectivity index (χ4v) is 7.91. The summed E-state index contributed by atoms with van der Waals surface area (Å²) in [6, 6.07) is 35.3. The van der Waals surface area contributed by atoms with Crippen LogP contribution in [0.1, 0.15) is 40.0 Å². The number of benzene rings is 4. The number of hydrogen-bond acceptors (Lipinski definition) is 1. The van der Waals surface area contributed by atoms with E-state index >= 15 is 0 Å². The molecule has 1 saturated carbocycles. The van der Waals surface area contributed by atoms with Gasteiger partial charge in [-0.25, -0.2) is 0 Å². The Balaban J connectivity index is 1.68. The van der Waals surface area contributed by atoms with Crippen molar-refractivity contribution in [3.05, 3.63) is 97.1 Å². The quantitative estimate of drug-likeness (QED) is 0.268. The van der Waals surface area contributed by atoms with E-state index in [-0.39, 0.29) is 6.10 Å². The van der Waals surface area contributed by atoms with Crippen molar-refractivity contribution in [1.29, 1.82) is 0 Å². The fourth-order valence-electron chi connectivity index (χ4n) is 5.51. The molecule has 3 atom stereocenters. The molecule has 0 spiro atoms. The van der Waals surface area contributed by atoms with Gasteiger partial charge in [-0.1, -0.05) is 118 Å². The Morgan fingerprint density at radius 1 is 0.735 bits per heavy atom. The van der Waals surface area contributed by atoms with Crippen molar-refractivity contribution in [1.82, 2.24) is 0 Å². The zero-order valence-corrected chi connectivity index (χ0v) is 21.4. The van der Waals surface area contributed by atoms with Gasteiger partial charge in [-0.2, -0.15) is 0 Å². The molecule has 4 aromatic rings. The van der Waals surface area contributed by atoms with E-state index in [1.165, 1.54) is 39.5 Å². The number of hydrogen-bond donors (Lipinski definition) is 0. The van der Waals surface area contributed by atoms with Crippen LogP contribution in [0.15, 0.2) is 97.1 Å². The van der Waals surface area contributed by atoms with Crippen LogP contribution in [-0.2, 0) is 0 Å². The van der Waals surface area contributed by atoms with Gasteiger partial charge < -0.3 is 4.74 Å². The molecule has 0 amide bonds. The second-order valence-electron chi connectivity index (χ2n) is 10.1. The van der Waals surface area contributed by atoms with Crippen molar-refractivity contribution in [3.8, 4) is 5.75 Å². The summed E-state index contributed by atoms with van der Waals surface area (Å²) in [6.45, 7) is 7.11. The molecular weight excluding hydrogens is 431 g/mol. The predicted molar refractivity (Wildman–Crippen MR) is 148 cm³/mol. The van der Waals surface area contributed by atoms with Gasteiger partial charge in [-0.05, 0) is 60.6 Å². The SMILES string of the molecule is CC(C)[C@@H]1CC[C@@H](C)C[C@H]1Oc1c(P(c2ccccc2)c2ccccc2)ccc2ccccc12. The van der Waals surface area contributed by atoms with Crippen LogP contribution in [0, 0.1) is 17.8 Å². The van der Waals surface area contributed by atoms with Crippen molar-refractivity contribution in [2.24, 2.45) is 17.8 Å². The lowest BCUT2D eigenvalue weighted by molar-refractivity contribution is 0.0479. The summed E-state index contributed by atoms with van der Waals surface area (Å²) in [4.78, 5) is 0.